The SMILES string of the molecule is CN1CCC(N2CCN(C(=O)[C@@H](Cc3cc(Cl)c(N)c(C(F)(F)F)c3)OC(=O)N3CCC(N4CCc5ccccc5NC4=O)CC3)[C@H](C(=O)OCC(=O)N(C)C)C2)CC1. The molecule has 2 aromatic rings. The second-order valence-corrected chi connectivity index (χ2v) is 16.2. The number of para-hydroxylation sites is 1. The fourth-order valence-corrected chi connectivity index (χ4v) is 8.46. The molecule has 59 heavy (non-hydrogen) atoms. The van der Waals surface area contributed by atoms with E-state index in [1.807, 2.05) is 31.3 Å². The summed E-state index contributed by atoms with van der Waals surface area (Å²) in [5.41, 5.74) is 5.50. The first-order valence-electron chi connectivity index (χ1n) is 19.9. The smallest absolute Gasteiger partial charge is 0.418 e. The molecule has 3 fully saturated rings. The molecule has 4 aliphatic heterocycles. The average molecular weight is 849 g/mol. The number of urea groups is 1. The second kappa shape index (κ2) is 18.6. The lowest BCUT2D eigenvalue weighted by Crippen LogP contribution is -2.63. The van der Waals surface area contributed by atoms with Gasteiger partial charge in [0.2, 0.25) is 0 Å². The van der Waals surface area contributed by atoms with Crippen LogP contribution in [-0.2, 0) is 42.9 Å². The zero-order valence-corrected chi connectivity index (χ0v) is 34.3. The number of alkyl halides is 3. The van der Waals surface area contributed by atoms with E-state index < -0.39 is 71.5 Å². The van der Waals surface area contributed by atoms with Crippen LogP contribution in [-0.4, -0.2) is 164 Å². The van der Waals surface area contributed by atoms with E-state index in [-0.39, 0.29) is 49.9 Å². The number of rotatable bonds is 9. The molecule has 6 rings (SSSR count). The highest BCUT2D eigenvalue weighted by atomic mass is 35.5. The van der Waals surface area contributed by atoms with Gasteiger partial charge in [0.15, 0.2) is 12.7 Å². The molecule has 0 aliphatic carbocycles. The summed E-state index contributed by atoms with van der Waals surface area (Å²) in [6.07, 6.45) is -4.82. The number of likely N-dealkylation sites (N-methyl/N-ethyl adjacent to an activating group) is 1. The van der Waals surface area contributed by atoms with E-state index in [0.29, 0.717) is 32.4 Å². The van der Waals surface area contributed by atoms with Gasteiger partial charge in [0.1, 0.15) is 6.04 Å². The number of ether oxygens (including phenoxy) is 2. The number of nitrogens with two attached hydrogens (primary N) is 1. The minimum Gasteiger partial charge on any atom is -0.454 e. The van der Waals surface area contributed by atoms with Gasteiger partial charge in [-0.1, -0.05) is 29.8 Å². The second-order valence-electron chi connectivity index (χ2n) is 15.8. The van der Waals surface area contributed by atoms with Crippen molar-refractivity contribution in [3.63, 3.8) is 0 Å². The van der Waals surface area contributed by atoms with Crippen LogP contribution < -0.4 is 11.1 Å². The number of hydrogen-bond donors (Lipinski definition) is 2. The maximum Gasteiger partial charge on any atom is 0.418 e. The Balaban J connectivity index is 1.22. The predicted molar refractivity (Wildman–Crippen MR) is 213 cm³/mol. The molecule has 0 spiro atoms. The van der Waals surface area contributed by atoms with Crippen molar-refractivity contribution in [1.29, 1.82) is 0 Å². The molecule has 5 amide bonds. The van der Waals surface area contributed by atoms with E-state index in [2.05, 4.69) is 15.1 Å². The lowest BCUT2D eigenvalue weighted by atomic mass is 9.99. The Labute approximate surface area is 346 Å². The molecule has 19 heteroatoms. The lowest BCUT2D eigenvalue weighted by molar-refractivity contribution is -0.165. The van der Waals surface area contributed by atoms with Crippen LogP contribution in [0.1, 0.15) is 42.4 Å². The molecule has 0 unspecified atom stereocenters. The highest BCUT2D eigenvalue weighted by Gasteiger charge is 2.43. The number of fused-ring (bicyclic) bond motifs is 1. The van der Waals surface area contributed by atoms with Gasteiger partial charge in [-0.25, -0.2) is 14.4 Å². The van der Waals surface area contributed by atoms with Crippen LogP contribution >= 0.6 is 11.6 Å². The van der Waals surface area contributed by atoms with E-state index >= 15 is 0 Å². The quantitative estimate of drug-likeness (QED) is 0.281. The van der Waals surface area contributed by atoms with Crippen LogP contribution in [0.15, 0.2) is 36.4 Å². The number of nitrogens with one attached hydrogen (secondary N) is 1. The number of piperidine rings is 2. The van der Waals surface area contributed by atoms with Crippen molar-refractivity contribution in [1.82, 2.24) is 29.4 Å². The maximum atomic E-state index is 14.7. The Morgan fingerprint density at radius 1 is 0.966 bits per heavy atom. The number of carbonyl (C=O) groups excluding carboxylic acids is 5. The van der Waals surface area contributed by atoms with Crippen LogP contribution in [0.25, 0.3) is 0 Å². The monoisotopic (exact) mass is 848 g/mol. The van der Waals surface area contributed by atoms with Crippen molar-refractivity contribution in [2.75, 3.05) is 91.2 Å². The fraction of sp³-hybridized carbons (Fsp3) is 0.575. The number of halogens is 4. The van der Waals surface area contributed by atoms with Gasteiger partial charge in [-0.15, -0.1) is 0 Å². The van der Waals surface area contributed by atoms with Gasteiger partial charge in [-0.05, 0) is 81.6 Å². The molecule has 0 bridgehead atoms. The molecule has 0 saturated carbocycles. The lowest BCUT2D eigenvalue weighted by Gasteiger charge is -2.45. The largest absolute Gasteiger partial charge is 0.454 e. The Morgan fingerprint density at radius 2 is 1.64 bits per heavy atom. The van der Waals surface area contributed by atoms with Crippen molar-refractivity contribution >= 4 is 52.9 Å². The molecule has 3 saturated heterocycles. The Bertz CT molecular complexity index is 1890. The molecule has 2 atom stereocenters. The van der Waals surface area contributed by atoms with Gasteiger partial charge >= 0.3 is 24.3 Å². The molecule has 0 aromatic heterocycles. The standard InChI is InChI=1S/C40H52ClF3N8O7/c1-47(2)34(53)24-58-37(55)32-23-50(27-9-13-48(3)14-10-27)18-19-52(32)36(54)33(22-25-20-29(40(42,43)44)35(45)30(41)21-25)59-39(57)49-15-11-28(12-16-49)51-17-8-26-6-4-5-7-31(26)46-38(51)56/h4-7,20-21,27-28,32-33H,8-19,22-24,45H2,1-3H3,(H,46,56)/t32-,33+/m0/s1. The number of nitrogens with zero attached hydrogens (tertiary/aromatic N) is 6. The molecule has 4 heterocycles. The molecule has 322 valence electrons. The first-order chi connectivity index (χ1) is 28.0. The van der Waals surface area contributed by atoms with Gasteiger partial charge in [-0.3, -0.25) is 14.5 Å². The van der Waals surface area contributed by atoms with Crippen molar-refractivity contribution in [3.05, 3.63) is 58.1 Å². The topological polar surface area (TPSA) is 161 Å². The van der Waals surface area contributed by atoms with Crippen molar-refractivity contribution in [2.24, 2.45) is 0 Å². The van der Waals surface area contributed by atoms with Gasteiger partial charge in [0, 0.05) is 77.6 Å². The fourth-order valence-electron chi connectivity index (χ4n) is 8.22. The molecule has 3 N–H and O–H groups in total. The van der Waals surface area contributed by atoms with E-state index in [9.17, 15) is 37.1 Å². The maximum absolute atomic E-state index is 14.7. The summed E-state index contributed by atoms with van der Waals surface area (Å²) in [5, 5.41) is 2.57. The van der Waals surface area contributed by atoms with E-state index in [1.54, 1.807) is 4.90 Å². The Hall–Kier alpha value is -4.81. The highest BCUT2D eigenvalue weighted by molar-refractivity contribution is 6.33. The number of anilines is 2. The van der Waals surface area contributed by atoms with Crippen molar-refractivity contribution in [2.45, 2.75) is 68.9 Å². The third-order valence-corrected chi connectivity index (χ3v) is 12.1. The van der Waals surface area contributed by atoms with Crippen LogP contribution in [0.4, 0.5) is 34.1 Å². The van der Waals surface area contributed by atoms with Crippen molar-refractivity contribution in [3.8, 4) is 0 Å². The first-order valence-corrected chi connectivity index (χ1v) is 20.2. The average Bonchev–Trinajstić information content (AvgIpc) is 3.38. The number of nitrogen functional groups attached to an aromatic ring is 1. The molecule has 4 aliphatic rings. The summed E-state index contributed by atoms with van der Waals surface area (Å²) in [5.74, 6) is -2.13. The molecule has 15 nitrogen and oxygen atoms in total. The third kappa shape index (κ3) is 10.5. The summed E-state index contributed by atoms with van der Waals surface area (Å²) in [4.78, 5) is 77.8. The van der Waals surface area contributed by atoms with Gasteiger partial charge in [0.05, 0.1) is 16.3 Å². The number of piperazine rings is 1. The number of carbonyl (C=O) groups is 5. The van der Waals surface area contributed by atoms with Crippen LogP contribution in [0.2, 0.25) is 5.02 Å². The van der Waals surface area contributed by atoms with Crippen LogP contribution in [0, 0.1) is 0 Å². The number of likely N-dealkylation sites (tertiary alicyclic amines) is 2. The summed E-state index contributed by atoms with van der Waals surface area (Å²) >= 11 is 6.17. The summed E-state index contributed by atoms with van der Waals surface area (Å²) in [6.45, 7) is 2.42. The van der Waals surface area contributed by atoms with Crippen LogP contribution in [0.3, 0.4) is 0 Å². The minimum atomic E-state index is -4.87. The number of hydrogen-bond acceptors (Lipinski definition) is 10. The zero-order chi connectivity index (χ0) is 42.6. The normalized spacial score (nSPS) is 20.6. The molecular formula is C40H52ClF3N8O7. The van der Waals surface area contributed by atoms with E-state index in [0.717, 1.165) is 43.2 Å². The first kappa shape index (κ1) is 43.8. The van der Waals surface area contributed by atoms with Crippen LogP contribution in [0.5, 0.6) is 0 Å². The summed E-state index contributed by atoms with van der Waals surface area (Å²) in [6, 6.07) is 8.01. The Kier molecular flexibility index (Phi) is 13.8. The molecule has 2 aromatic carbocycles. The molecular weight excluding hydrogens is 797 g/mol. The molecule has 0 radical (unpaired) electrons. The van der Waals surface area contributed by atoms with E-state index in [1.165, 1.54) is 34.9 Å². The number of esters is 1. The number of amides is 5. The minimum absolute atomic E-state index is 0.0179. The third-order valence-electron chi connectivity index (χ3n) is 11.7. The van der Waals surface area contributed by atoms with Crippen molar-refractivity contribution < 1.29 is 46.6 Å². The zero-order valence-electron chi connectivity index (χ0n) is 33.5. The highest BCUT2D eigenvalue weighted by Crippen LogP contribution is 2.38. The van der Waals surface area contributed by atoms with Gasteiger partial charge in [0.25, 0.3) is 11.8 Å². The van der Waals surface area contributed by atoms with E-state index in [4.69, 9.17) is 26.8 Å². The summed E-state index contributed by atoms with van der Waals surface area (Å²) in [7, 11) is 5.04. The van der Waals surface area contributed by atoms with Gasteiger partial charge in [-0.2, -0.15) is 13.2 Å². The summed E-state index contributed by atoms with van der Waals surface area (Å²) < 4.78 is 53.4. The Morgan fingerprint density at radius 3 is 2.32 bits per heavy atom. The predicted octanol–water partition coefficient (Wildman–Crippen LogP) is 3.78. The number of benzene rings is 2. The van der Waals surface area contributed by atoms with Gasteiger partial charge < -0.3 is 45.0 Å².